The summed E-state index contributed by atoms with van der Waals surface area (Å²) in [7, 11) is 0. The number of hydrogen-bond acceptors (Lipinski definition) is 7. The molecule has 0 saturated carbocycles. The number of nitrogens with zero attached hydrogens (tertiary/aromatic N) is 5. The fraction of sp³-hybridized carbons (Fsp3) is 0.227. The van der Waals surface area contributed by atoms with Crippen molar-refractivity contribution in [1.82, 2.24) is 19.7 Å². The SMILES string of the molecule is Nc1nn(-c2nccc3c2N=CCC3=O)cc1-c1ccc(C(=O)N2CCOCC2)cc1. The number of fused-ring (bicyclic) bond motifs is 1. The Bertz CT molecular complexity index is 1190. The molecule has 1 aromatic carbocycles. The molecule has 3 aromatic rings. The number of carbonyl (C=O) groups is 2. The van der Waals surface area contributed by atoms with Crippen molar-refractivity contribution in [2.24, 2.45) is 4.99 Å². The topological polar surface area (TPSA) is 116 Å². The van der Waals surface area contributed by atoms with Gasteiger partial charge in [0.2, 0.25) is 0 Å². The Hall–Kier alpha value is -3.85. The predicted octanol–water partition coefficient (Wildman–Crippen LogP) is 2.28. The van der Waals surface area contributed by atoms with Gasteiger partial charge < -0.3 is 15.4 Å². The first-order valence-corrected chi connectivity index (χ1v) is 9.99. The smallest absolute Gasteiger partial charge is 0.254 e. The summed E-state index contributed by atoms with van der Waals surface area (Å²) in [5.41, 5.74) is 9.33. The summed E-state index contributed by atoms with van der Waals surface area (Å²) in [6.45, 7) is 2.32. The molecule has 156 valence electrons. The quantitative estimate of drug-likeness (QED) is 0.700. The van der Waals surface area contributed by atoms with E-state index in [0.717, 1.165) is 5.56 Å². The van der Waals surface area contributed by atoms with Gasteiger partial charge in [-0.3, -0.25) is 14.6 Å². The molecular formula is C22H20N6O3. The number of rotatable bonds is 3. The third-order valence-corrected chi connectivity index (χ3v) is 5.40. The Morgan fingerprint density at radius 1 is 1.06 bits per heavy atom. The molecule has 9 heteroatoms. The number of pyridine rings is 1. The van der Waals surface area contributed by atoms with Gasteiger partial charge in [-0.25, -0.2) is 9.67 Å². The Balaban J connectivity index is 1.45. The van der Waals surface area contributed by atoms with Crippen molar-refractivity contribution in [2.75, 3.05) is 32.0 Å². The number of amides is 1. The van der Waals surface area contributed by atoms with E-state index in [9.17, 15) is 9.59 Å². The van der Waals surface area contributed by atoms with Gasteiger partial charge in [0, 0.05) is 54.8 Å². The van der Waals surface area contributed by atoms with E-state index in [-0.39, 0.29) is 18.1 Å². The first kappa shape index (κ1) is 19.1. The number of aliphatic imine (C=N–C) groups is 1. The number of aromatic nitrogens is 3. The number of Topliss-reactive ketones (excluding diaryl/α,β-unsaturated/α-hetero) is 1. The Morgan fingerprint density at radius 2 is 1.84 bits per heavy atom. The number of benzene rings is 1. The van der Waals surface area contributed by atoms with Gasteiger partial charge in [0.15, 0.2) is 17.4 Å². The van der Waals surface area contributed by atoms with Crippen LogP contribution in [0.4, 0.5) is 11.5 Å². The molecule has 2 N–H and O–H groups in total. The molecule has 0 spiro atoms. The molecule has 9 nitrogen and oxygen atoms in total. The largest absolute Gasteiger partial charge is 0.382 e. The van der Waals surface area contributed by atoms with Crippen molar-refractivity contribution < 1.29 is 14.3 Å². The fourth-order valence-corrected chi connectivity index (χ4v) is 3.75. The van der Waals surface area contributed by atoms with Crippen LogP contribution < -0.4 is 5.73 Å². The molecule has 2 aliphatic heterocycles. The maximum Gasteiger partial charge on any atom is 0.254 e. The van der Waals surface area contributed by atoms with Crippen LogP contribution in [0.3, 0.4) is 0 Å². The van der Waals surface area contributed by atoms with Gasteiger partial charge in [-0.2, -0.15) is 0 Å². The van der Waals surface area contributed by atoms with Crippen LogP contribution in [0.15, 0.2) is 47.7 Å². The minimum atomic E-state index is -0.0128. The van der Waals surface area contributed by atoms with E-state index < -0.39 is 0 Å². The molecule has 0 radical (unpaired) electrons. The summed E-state index contributed by atoms with van der Waals surface area (Å²) in [6.07, 6.45) is 5.17. The van der Waals surface area contributed by atoms with Gasteiger partial charge in [-0.15, -0.1) is 5.10 Å². The summed E-state index contributed by atoms with van der Waals surface area (Å²) in [5.74, 6) is 0.743. The second-order valence-corrected chi connectivity index (χ2v) is 7.32. The molecule has 31 heavy (non-hydrogen) atoms. The van der Waals surface area contributed by atoms with Crippen LogP contribution in [-0.4, -0.2) is 63.9 Å². The number of nitrogen functional groups attached to an aromatic ring is 1. The lowest BCUT2D eigenvalue weighted by atomic mass is 10.1. The average Bonchev–Trinajstić information content (AvgIpc) is 3.20. The summed E-state index contributed by atoms with van der Waals surface area (Å²) >= 11 is 0. The van der Waals surface area contributed by atoms with Crippen LogP contribution in [0.25, 0.3) is 16.9 Å². The molecule has 1 amide bonds. The minimum Gasteiger partial charge on any atom is -0.382 e. The zero-order valence-electron chi connectivity index (χ0n) is 16.7. The zero-order chi connectivity index (χ0) is 21.4. The van der Waals surface area contributed by atoms with Crippen molar-refractivity contribution in [1.29, 1.82) is 0 Å². The van der Waals surface area contributed by atoms with E-state index in [2.05, 4.69) is 15.1 Å². The van der Waals surface area contributed by atoms with Crippen LogP contribution in [0.5, 0.6) is 0 Å². The third-order valence-electron chi connectivity index (χ3n) is 5.40. The summed E-state index contributed by atoms with van der Waals surface area (Å²) in [4.78, 5) is 35.3. The van der Waals surface area contributed by atoms with Crippen LogP contribution >= 0.6 is 0 Å². The standard InChI is InChI=1S/C22H20N6O3/c23-20-17(14-1-3-15(4-2-14)22(30)27-9-11-31-12-10-27)13-28(26-20)21-19-16(5-7-25-21)18(29)6-8-24-19/h1-5,7-8,13H,6,9-12H2,(H2,23,26). The van der Waals surface area contributed by atoms with E-state index in [1.807, 2.05) is 12.1 Å². The number of anilines is 1. The maximum absolute atomic E-state index is 12.6. The molecule has 0 unspecified atom stereocenters. The fourth-order valence-electron chi connectivity index (χ4n) is 3.75. The van der Waals surface area contributed by atoms with Crippen LogP contribution in [0.1, 0.15) is 27.1 Å². The van der Waals surface area contributed by atoms with Crippen LogP contribution in [0.2, 0.25) is 0 Å². The third kappa shape index (κ3) is 3.49. The number of morpholine rings is 1. The molecule has 4 heterocycles. The molecule has 5 rings (SSSR count). The van der Waals surface area contributed by atoms with Crippen LogP contribution in [-0.2, 0) is 4.74 Å². The highest BCUT2D eigenvalue weighted by molar-refractivity contribution is 6.10. The number of ether oxygens (including phenoxy) is 1. The minimum absolute atomic E-state index is 0.00507. The number of ketones is 1. The van der Waals surface area contributed by atoms with E-state index in [1.54, 1.807) is 41.7 Å². The van der Waals surface area contributed by atoms with Gasteiger partial charge in [0.1, 0.15) is 5.69 Å². The summed E-state index contributed by atoms with van der Waals surface area (Å²) in [6, 6.07) is 8.93. The lowest BCUT2D eigenvalue weighted by Crippen LogP contribution is -2.40. The van der Waals surface area contributed by atoms with Gasteiger partial charge in [0.05, 0.1) is 13.2 Å². The average molecular weight is 416 g/mol. The van der Waals surface area contributed by atoms with Crippen molar-refractivity contribution in [3.8, 4) is 16.9 Å². The molecule has 0 bridgehead atoms. The number of nitrogens with two attached hydrogens (primary N) is 1. The molecular weight excluding hydrogens is 396 g/mol. The molecule has 2 aromatic heterocycles. The van der Waals surface area contributed by atoms with E-state index in [0.29, 0.717) is 60.3 Å². The van der Waals surface area contributed by atoms with Crippen molar-refractivity contribution in [3.63, 3.8) is 0 Å². The van der Waals surface area contributed by atoms with Crippen molar-refractivity contribution in [2.45, 2.75) is 6.42 Å². The summed E-state index contributed by atoms with van der Waals surface area (Å²) in [5, 5.41) is 4.38. The van der Waals surface area contributed by atoms with Gasteiger partial charge in [0.25, 0.3) is 5.91 Å². The molecule has 0 atom stereocenters. The van der Waals surface area contributed by atoms with E-state index in [4.69, 9.17) is 10.5 Å². The molecule has 2 aliphatic rings. The van der Waals surface area contributed by atoms with Crippen LogP contribution in [0, 0.1) is 0 Å². The molecule has 1 fully saturated rings. The highest BCUT2D eigenvalue weighted by Gasteiger charge is 2.22. The Morgan fingerprint density at radius 3 is 2.61 bits per heavy atom. The lowest BCUT2D eigenvalue weighted by Gasteiger charge is -2.26. The lowest BCUT2D eigenvalue weighted by molar-refractivity contribution is 0.0303. The number of hydrogen-bond donors (Lipinski definition) is 1. The predicted molar refractivity (Wildman–Crippen MR) is 115 cm³/mol. The van der Waals surface area contributed by atoms with E-state index in [1.165, 1.54) is 4.68 Å². The van der Waals surface area contributed by atoms with Crippen molar-refractivity contribution in [3.05, 3.63) is 53.9 Å². The van der Waals surface area contributed by atoms with Gasteiger partial charge in [-0.05, 0) is 23.8 Å². The first-order chi connectivity index (χ1) is 15.1. The molecule has 0 aliphatic carbocycles. The highest BCUT2D eigenvalue weighted by atomic mass is 16.5. The monoisotopic (exact) mass is 416 g/mol. The van der Waals surface area contributed by atoms with Crippen molar-refractivity contribution >= 4 is 29.4 Å². The zero-order valence-corrected chi connectivity index (χ0v) is 16.7. The second-order valence-electron chi connectivity index (χ2n) is 7.32. The Kier molecular flexibility index (Phi) is 4.79. The first-order valence-electron chi connectivity index (χ1n) is 9.99. The highest BCUT2D eigenvalue weighted by Crippen LogP contribution is 2.32. The van der Waals surface area contributed by atoms with Gasteiger partial charge >= 0.3 is 0 Å². The molecule has 1 saturated heterocycles. The van der Waals surface area contributed by atoms with E-state index >= 15 is 0 Å². The summed E-state index contributed by atoms with van der Waals surface area (Å²) < 4.78 is 6.84. The second kappa shape index (κ2) is 7.77. The Labute approximate surface area is 178 Å². The maximum atomic E-state index is 12.6. The number of carbonyl (C=O) groups excluding carboxylic acids is 2. The van der Waals surface area contributed by atoms with Gasteiger partial charge in [-0.1, -0.05) is 12.1 Å². The normalized spacial score (nSPS) is 15.7.